The Kier molecular flexibility index (Phi) is 3.15. The first-order valence-corrected chi connectivity index (χ1v) is 5.53. The van der Waals surface area contributed by atoms with Crippen molar-refractivity contribution < 1.29 is 0 Å². The minimum absolute atomic E-state index is 0.178. The minimum atomic E-state index is -0.178. The van der Waals surface area contributed by atoms with Gasteiger partial charge in [0.2, 0.25) is 0 Å². The third-order valence-electron chi connectivity index (χ3n) is 2.48. The van der Waals surface area contributed by atoms with Crippen LogP contribution in [0.2, 0.25) is 5.02 Å². The van der Waals surface area contributed by atoms with Gasteiger partial charge in [-0.05, 0) is 30.7 Å². The zero-order valence-corrected chi connectivity index (χ0v) is 10.3. The van der Waals surface area contributed by atoms with Crippen LogP contribution in [0.3, 0.4) is 0 Å². The predicted molar refractivity (Wildman–Crippen MR) is 69.1 cm³/mol. The molecule has 0 saturated heterocycles. The second-order valence-corrected chi connectivity index (χ2v) is 4.11. The molecule has 0 aliphatic carbocycles. The van der Waals surface area contributed by atoms with Crippen molar-refractivity contribution in [1.29, 1.82) is 0 Å². The number of rotatable bonds is 2. The molecule has 0 radical (unpaired) electrons. The first-order valence-electron chi connectivity index (χ1n) is 5.15. The summed E-state index contributed by atoms with van der Waals surface area (Å²) in [6.07, 6.45) is 1.61. The van der Waals surface area contributed by atoms with E-state index in [2.05, 4.69) is 10.4 Å². The molecule has 0 spiro atoms. The van der Waals surface area contributed by atoms with Gasteiger partial charge in [0.25, 0.3) is 5.56 Å². The van der Waals surface area contributed by atoms with Crippen LogP contribution in [0, 0.1) is 6.92 Å². The molecule has 2 rings (SSSR count). The molecule has 0 aliphatic heterocycles. The molecule has 17 heavy (non-hydrogen) atoms. The number of nitrogens with zero attached hydrogens (tertiary/aromatic N) is 2. The normalized spacial score (nSPS) is 10.3. The summed E-state index contributed by atoms with van der Waals surface area (Å²) in [7, 11) is 1.74. The maximum absolute atomic E-state index is 11.9. The summed E-state index contributed by atoms with van der Waals surface area (Å²) in [5, 5.41) is 7.63. The average molecular weight is 250 g/mol. The first-order chi connectivity index (χ1) is 8.11. The summed E-state index contributed by atoms with van der Waals surface area (Å²) in [5.74, 6) is 0. The molecule has 1 aromatic carbocycles. The lowest BCUT2D eigenvalue weighted by Crippen LogP contribution is -2.21. The van der Waals surface area contributed by atoms with Crippen molar-refractivity contribution in [2.45, 2.75) is 6.92 Å². The van der Waals surface area contributed by atoms with Gasteiger partial charge in [-0.25, -0.2) is 0 Å². The molecular weight excluding hydrogens is 238 g/mol. The highest BCUT2D eigenvalue weighted by Gasteiger charge is 2.05. The van der Waals surface area contributed by atoms with Gasteiger partial charge in [0.05, 0.1) is 17.6 Å². The maximum atomic E-state index is 11.9. The van der Waals surface area contributed by atoms with Gasteiger partial charge < -0.3 is 5.32 Å². The number of aryl methyl sites for hydroxylation is 1. The highest BCUT2D eigenvalue weighted by molar-refractivity contribution is 6.30. The Labute approximate surface area is 104 Å². The molecule has 0 saturated carbocycles. The van der Waals surface area contributed by atoms with Gasteiger partial charge >= 0.3 is 0 Å². The lowest BCUT2D eigenvalue weighted by atomic mass is 10.2. The second-order valence-electron chi connectivity index (χ2n) is 3.68. The molecule has 4 nitrogen and oxygen atoms in total. The van der Waals surface area contributed by atoms with Crippen LogP contribution in [0.1, 0.15) is 5.56 Å². The predicted octanol–water partition coefficient (Wildman–Crippen LogP) is 2.24. The fourth-order valence-electron chi connectivity index (χ4n) is 1.58. The van der Waals surface area contributed by atoms with Crippen molar-refractivity contribution in [2.24, 2.45) is 0 Å². The SMILES string of the molecule is CNc1cnn(-c2ccc(Cl)cc2C)c(=O)c1. The van der Waals surface area contributed by atoms with Crippen molar-refractivity contribution in [3.05, 3.63) is 51.4 Å². The number of hydrogen-bond acceptors (Lipinski definition) is 3. The molecule has 88 valence electrons. The van der Waals surface area contributed by atoms with Crippen molar-refractivity contribution in [2.75, 3.05) is 12.4 Å². The Hall–Kier alpha value is -1.81. The van der Waals surface area contributed by atoms with E-state index in [9.17, 15) is 4.79 Å². The Morgan fingerprint density at radius 1 is 1.35 bits per heavy atom. The molecule has 0 atom stereocenters. The van der Waals surface area contributed by atoms with E-state index >= 15 is 0 Å². The van der Waals surface area contributed by atoms with Crippen LogP contribution < -0.4 is 10.9 Å². The monoisotopic (exact) mass is 249 g/mol. The van der Waals surface area contributed by atoms with Gasteiger partial charge in [-0.3, -0.25) is 4.79 Å². The zero-order valence-electron chi connectivity index (χ0n) is 9.57. The van der Waals surface area contributed by atoms with Crippen LogP contribution in [0.5, 0.6) is 0 Å². The Balaban J connectivity index is 2.57. The standard InChI is InChI=1S/C12H12ClN3O/c1-8-5-9(13)3-4-11(8)16-12(17)6-10(14-2)7-15-16/h3-7,14H,1-2H3. The Morgan fingerprint density at radius 3 is 2.71 bits per heavy atom. The van der Waals surface area contributed by atoms with E-state index < -0.39 is 0 Å². The lowest BCUT2D eigenvalue weighted by Gasteiger charge is -2.08. The lowest BCUT2D eigenvalue weighted by molar-refractivity contribution is 0.802. The summed E-state index contributed by atoms with van der Waals surface area (Å²) < 4.78 is 1.35. The highest BCUT2D eigenvalue weighted by atomic mass is 35.5. The van der Waals surface area contributed by atoms with E-state index in [1.165, 1.54) is 10.7 Å². The molecule has 5 heteroatoms. The van der Waals surface area contributed by atoms with E-state index in [0.29, 0.717) is 10.7 Å². The van der Waals surface area contributed by atoms with E-state index in [-0.39, 0.29) is 5.56 Å². The number of anilines is 1. The minimum Gasteiger partial charge on any atom is -0.387 e. The topological polar surface area (TPSA) is 46.9 Å². The molecule has 1 aromatic heterocycles. The number of benzene rings is 1. The number of hydrogen-bond donors (Lipinski definition) is 1. The molecule has 0 bridgehead atoms. The number of aromatic nitrogens is 2. The van der Waals surface area contributed by atoms with Gasteiger partial charge in [0.15, 0.2) is 0 Å². The molecule has 0 aliphatic rings. The van der Waals surface area contributed by atoms with E-state index in [4.69, 9.17) is 11.6 Å². The Morgan fingerprint density at radius 2 is 2.12 bits per heavy atom. The fraction of sp³-hybridized carbons (Fsp3) is 0.167. The quantitative estimate of drug-likeness (QED) is 0.888. The summed E-state index contributed by atoms with van der Waals surface area (Å²) in [5.41, 5.74) is 2.16. The molecule has 0 amide bonds. The zero-order chi connectivity index (χ0) is 12.4. The average Bonchev–Trinajstić information content (AvgIpc) is 2.30. The Bertz CT molecular complexity index is 607. The van der Waals surface area contributed by atoms with Crippen LogP contribution in [0.4, 0.5) is 5.69 Å². The van der Waals surface area contributed by atoms with Crippen LogP contribution in [-0.2, 0) is 0 Å². The van der Waals surface area contributed by atoms with Crippen molar-refractivity contribution in [3.8, 4) is 5.69 Å². The van der Waals surface area contributed by atoms with Gasteiger partial charge in [0.1, 0.15) is 0 Å². The molecule has 2 aromatic rings. The van der Waals surface area contributed by atoms with Crippen LogP contribution >= 0.6 is 11.6 Å². The molecular formula is C12H12ClN3O. The van der Waals surface area contributed by atoms with Crippen LogP contribution in [0.15, 0.2) is 35.3 Å². The van der Waals surface area contributed by atoms with Gasteiger partial charge in [0, 0.05) is 18.1 Å². The smallest absolute Gasteiger partial charge is 0.273 e. The van der Waals surface area contributed by atoms with Gasteiger partial charge in [-0.1, -0.05) is 11.6 Å². The second kappa shape index (κ2) is 4.59. The number of halogens is 1. The number of nitrogens with one attached hydrogen (secondary N) is 1. The third-order valence-corrected chi connectivity index (χ3v) is 2.71. The van der Waals surface area contributed by atoms with Gasteiger partial charge in [-0.15, -0.1) is 0 Å². The summed E-state index contributed by atoms with van der Waals surface area (Å²) >= 11 is 5.87. The molecule has 0 fully saturated rings. The summed E-state index contributed by atoms with van der Waals surface area (Å²) in [6.45, 7) is 1.89. The largest absolute Gasteiger partial charge is 0.387 e. The highest BCUT2D eigenvalue weighted by Crippen LogP contribution is 2.17. The summed E-state index contributed by atoms with van der Waals surface area (Å²) in [6, 6.07) is 6.83. The van der Waals surface area contributed by atoms with Crippen LogP contribution in [-0.4, -0.2) is 16.8 Å². The first kappa shape index (κ1) is 11.7. The third kappa shape index (κ3) is 2.31. The molecule has 1 heterocycles. The van der Waals surface area contributed by atoms with Crippen molar-refractivity contribution >= 4 is 17.3 Å². The van der Waals surface area contributed by atoms with Crippen molar-refractivity contribution in [3.63, 3.8) is 0 Å². The van der Waals surface area contributed by atoms with Gasteiger partial charge in [-0.2, -0.15) is 9.78 Å². The molecule has 1 N–H and O–H groups in total. The molecule has 0 unspecified atom stereocenters. The van der Waals surface area contributed by atoms with E-state index in [1.807, 2.05) is 6.92 Å². The fourth-order valence-corrected chi connectivity index (χ4v) is 1.81. The van der Waals surface area contributed by atoms with Crippen molar-refractivity contribution in [1.82, 2.24) is 9.78 Å². The summed E-state index contributed by atoms with van der Waals surface area (Å²) in [4.78, 5) is 11.9. The van der Waals surface area contributed by atoms with E-state index in [1.54, 1.807) is 31.4 Å². The maximum Gasteiger partial charge on any atom is 0.273 e. The van der Waals surface area contributed by atoms with E-state index in [0.717, 1.165) is 11.3 Å². The van der Waals surface area contributed by atoms with Crippen LogP contribution in [0.25, 0.3) is 5.69 Å².